The molecule has 2 nitrogen and oxygen atoms in total. The molecule has 0 saturated heterocycles. The Morgan fingerprint density at radius 2 is 0.882 bits per heavy atom. The number of halogens is 2. The Kier molecular flexibility index (Phi) is 11.4. The SMILES string of the molecule is CC(C)c1ccc(-c2cccc3c2C=[C]([Zr+2][C]2=Cc4c(-c5ccc(C(C)C)cc5)cccc4C2c2ccccn2)C3c2ccccn2)cc1.[Cl-].[Cl-]. The van der Waals surface area contributed by atoms with Crippen LogP contribution in [0.4, 0.5) is 0 Å². The number of pyridine rings is 2. The Balaban J connectivity index is 0.00000224. The van der Waals surface area contributed by atoms with Crippen molar-refractivity contribution in [1.82, 2.24) is 9.97 Å². The number of allylic oxidation sites excluding steroid dienone is 2. The van der Waals surface area contributed by atoms with E-state index in [-0.39, 0.29) is 36.6 Å². The van der Waals surface area contributed by atoms with Gasteiger partial charge in [-0.25, -0.2) is 0 Å². The fourth-order valence-electron chi connectivity index (χ4n) is 7.52. The number of hydrogen-bond acceptors (Lipinski definition) is 2. The number of nitrogens with zero attached hydrogens (tertiary/aromatic N) is 2. The van der Waals surface area contributed by atoms with Gasteiger partial charge in [0.15, 0.2) is 0 Å². The molecule has 0 aliphatic heterocycles. The van der Waals surface area contributed by atoms with Crippen molar-refractivity contribution in [1.29, 1.82) is 0 Å². The van der Waals surface area contributed by atoms with Crippen molar-refractivity contribution in [3.8, 4) is 22.3 Å². The van der Waals surface area contributed by atoms with Crippen molar-refractivity contribution in [2.45, 2.75) is 51.4 Å². The molecule has 0 radical (unpaired) electrons. The molecule has 0 fully saturated rings. The molecule has 8 rings (SSSR count). The monoisotopic (exact) mass is 780 g/mol. The maximum Gasteiger partial charge on any atom is -1.00 e. The standard InChI is InChI=1S/2C23H20N.2ClH.Zr/c2*1-16(2)17-9-11-18(12-10-17)19-6-5-7-20-21(19)13-14-22(20)23-8-3-4-15-24-23;;;/h2*3-13,15-16,22H,1-2H3;2*1H;/q;;;;+2/p-2. The molecular formula is C46H40Cl2N2Zr. The van der Waals surface area contributed by atoms with Crippen LogP contribution in [0.3, 0.4) is 0 Å². The van der Waals surface area contributed by atoms with E-state index in [1.807, 2.05) is 24.5 Å². The van der Waals surface area contributed by atoms with Crippen LogP contribution in [0.2, 0.25) is 0 Å². The quantitative estimate of drug-likeness (QED) is 0.195. The minimum atomic E-state index is -1.33. The Hall–Kier alpha value is -3.88. The molecule has 0 saturated carbocycles. The van der Waals surface area contributed by atoms with Gasteiger partial charge in [0, 0.05) is 0 Å². The third kappa shape index (κ3) is 7.14. The van der Waals surface area contributed by atoms with E-state index in [4.69, 9.17) is 9.97 Å². The average Bonchev–Trinajstić information content (AvgIpc) is 3.70. The molecule has 0 spiro atoms. The smallest absolute Gasteiger partial charge is 1.00 e. The summed E-state index contributed by atoms with van der Waals surface area (Å²) in [5.74, 6) is 1.35. The zero-order valence-corrected chi connectivity index (χ0v) is 33.3. The maximum atomic E-state index is 4.96. The second kappa shape index (κ2) is 15.8. The molecule has 2 aromatic heterocycles. The molecule has 2 unspecified atom stereocenters. The van der Waals surface area contributed by atoms with Crippen molar-refractivity contribution < 1.29 is 48.0 Å². The summed E-state index contributed by atoms with van der Waals surface area (Å²) in [6.45, 7) is 9.03. The molecule has 4 aromatic carbocycles. The normalized spacial score (nSPS) is 15.6. The maximum absolute atomic E-state index is 4.96. The van der Waals surface area contributed by atoms with Crippen molar-refractivity contribution >= 4 is 12.2 Å². The van der Waals surface area contributed by atoms with Crippen LogP contribution in [-0.2, 0) is 23.2 Å². The Morgan fingerprint density at radius 1 is 0.471 bits per heavy atom. The van der Waals surface area contributed by atoms with E-state index in [9.17, 15) is 0 Å². The zero-order chi connectivity index (χ0) is 33.5. The van der Waals surface area contributed by atoms with Gasteiger partial charge >= 0.3 is 304 Å². The molecule has 2 heterocycles. The van der Waals surface area contributed by atoms with Crippen molar-refractivity contribution in [2.75, 3.05) is 0 Å². The minimum absolute atomic E-state index is 0. The molecule has 2 atom stereocenters. The molecular weight excluding hydrogens is 743 g/mol. The number of fused-ring (bicyclic) bond motifs is 2. The van der Waals surface area contributed by atoms with Crippen LogP contribution in [0.1, 0.15) is 96.1 Å². The molecule has 0 amide bonds. The molecule has 2 aliphatic rings. The molecule has 252 valence electrons. The Bertz CT molecular complexity index is 2030. The summed E-state index contributed by atoms with van der Waals surface area (Å²) in [6, 6.07) is 44.8. The second-order valence-corrected chi connectivity index (χ2v) is 17.3. The van der Waals surface area contributed by atoms with Crippen LogP contribution in [0.25, 0.3) is 34.4 Å². The molecule has 0 bridgehead atoms. The van der Waals surface area contributed by atoms with Gasteiger partial charge in [-0.15, -0.1) is 0 Å². The van der Waals surface area contributed by atoms with Crippen LogP contribution < -0.4 is 24.8 Å². The first-order valence-corrected chi connectivity index (χ1v) is 19.9. The number of benzene rings is 4. The first kappa shape index (κ1) is 36.9. The summed E-state index contributed by atoms with van der Waals surface area (Å²) < 4.78 is 3.10. The number of rotatable bonds is 8. The summed E-state index contributed by atoms with van der Waals surface area (Å²) >= 11 is -1.33. The van der Waals surface area contributed by atoms with Gasteiger partial charge in [0.2, 0.25) is 0 Å². The fourth-order valence-corrected chi connectivity index (χ4v) is 11.6. The van der Waals surface area contributed by atoms with Gasteiger partial charge in [-0.05, 0) is 0 Å². The Labute approximate surface area is 326 Å². The van der Waals surface area contributed by atoms with E-state index in [0.717, 1.165) is 11.4 Å². The molecule has 2 aliphatic carbocycles. The van der Waals surface area contributed by atoms with E-state index < -0.39 is 23.2 Å². The van der Waals surface area contributed by atoms with E-state index in [2.05, 4.69) is 149 Å². The van der Waals surface area contributed by atoms with E-state index in [1.54, 1.807) is 6.56 Å². The summed E-state index contributed by atoms with van der Waals surface area (Å²) in [5.41, 5.74) is 15.6. The summed E-state index contributed by atoms with van der Waals surface area (Å²) in [7, 11) is 0. The predicted molar refractivity (Wildman–Crippen MR) is 200 cm³/mol. The number of aromatic nitrogens is 2. The van der Waals surface area contributed by atoms with Crippen LogP contribution in [0.5, 0.6) is 0 Å². The molecule has 5 heteroatoms. The topological polar surface area (TPSA) is 25.8 Å². The van der Waals surface area contributed by atoms with E-state index >= 15 is 0 Å². The van der Waals surface area contributed by atoms with E-state index in [0.29, 0.717) is 11.8 Å². The largest absolute Gasteiger partial charge is 1.00 e. The molecule has 6 aromatic rings. The fraction of sp³-hybridized carbons (Fsp3) is 0.174. The van der Waals surface area contributed by atoms with Crippen molar-refractivity contribution in [3.05, 3.63) is 185 Å². The first-order valence-electron chi connectivity index (χ1n) is 17.4. The summed E-state index contributed by atoms with van der Waals surface area (Å²) in [5, 5.41) is 0. The average molecular weight is 783 g/mol. The van der Waals surface area contributed by atoms with E-state index in [1.165, 1.54) is 55.6 Å². The van der Waals surface area contributed by atoms with Crippen LogP contribution >= 0.6 is 0 Å². The molecule has 0 N–H and O–H groups in total. The van der Waals surface area contributed by atoms with Gasteiger partial charge in [0.25, 0.3) is 0 Å². The van der Waals surface area contributed by atoms with Crippen LogP contribution in [0.15, 0.2) is 140 Å². The van der Waals surface area contributed by atoms with Crippen LogP contribution in [0, 0.1) is 0 Å². The van der Waals surface area contributed by atoms with Gasteiger partial charge in [0.05, 0.1) is 0 Å². The van der Waals surface area contributed by atoms with Gasteiger partial charge in [-0.1, -0.05) is 0 Å². The zero-order valence-electron chi connectivity index (χ0n) is 29.3. The van der Waals surface area contributed by atoms with Crippen LogP contribution in [-0.4, -0.2) is 9.97 Å². The Morgan fingerprint density at radius 3 is 1.24 bits per heavy atom. The molecule has 51 heavy (non-hydrogen) atoms. The van der Waals surface area contributed by atoms with Crippen molar-refractivity contribution in [2.24, 2.45) is 0 Å². The van der Waals surface area contributed by atoms with Gasteiger partial charge in [-0.3, -0.25) is 0 Å². The third-order valence-electron chi connectivity index (χ3n) is 10.2. The van der Waals surface area contributed by atoms with Gasteiger partial charge in [0.1, 0.15) is 0 Å². The van der Waals surface area contributed by atoms with Gasteiger partial charge in [-0.2, -0.15) is 0 Å². The summed E-state index contributed by atoms with van der Waals surface area (Å²) in [4.78, 5) is 9.92. The predicted octanol–water partition coefficient (Wildman–Crippen LogP) is 5.82. The van der Waals surface area contributed by atoms with Crippen molar-refractivity contribution in [3.63, 3.8) is 0 Å². The second-order valence-electron chi connectivity index (χ2n) is 13.9. The summed E-state index contributed by atoms with van der Waals surface area (Å²) in [6.07, 6.45) is 8.97. The number of hydrogen-bond donors (Lipinski definition) is 0. The van der Waals surface area contributed by atoms with Gasteiger partial charge < -0.3 is 24.8 Å². The third-order valence-corrected chi connectivity index (χ3v) is 13.7. The first-order chi connectivity index (χ1) is 24.0. The minimum Gasteiger partial charge on any atom is -1.00 e.